The number of aliphatic hydroxyl groups is 1. The van der Waals surface area contributed by atoms with Crippen LogP contribution >= 0.6 is 11.8 Å². The molecule has 2 N–H and O–H groups in total. The predicted octanol–water partition coefficient (Wildman–Crippen LogP) is 0.772. The summed E-state index contributed by atoms with van der Waals surface area (Å²) in [7, 11) is 4.31. The van der Waals surface area contributed by atoms with Gasteiger partial charge in [-0.15, -0.1) is 0 Å². The highest BCUT2D eigenvalue weighted by atomic mass is 32.2. The molecule has 1 aliphatic rings. The lowest BCUT2D eigenvalue weighted by Gasteiger charge is -2.40. The van der Waals surface area contributed by atoms with Crippen LogP contribution in [-0.2, 0) is 5.60 Å². The summed E-state index contributed by atoms with van der Waals surface area (Å²) in [4.78, 5) is 1.41. The molecule has 2 nitrogen and oxygen atoms in total. The Morgan fingerprint density at radius 3 is 2.71 bits per heavy atom. The van der Waals surface area contributed by atoms with Crippen molar-refractivity contribution in [3.63, 3.8) is 0 Å². The van der Waals surface area contributed by atoms with E-state index in [1.54, 1.807) is 0 Å². The lowest BCUT2D eigenvalue weighted by molar-refractivity contribution is -0.863. The number of thioether (sulfide) groups is 1. The Labute approximate surface area is 108 Å². The van der Waals surface area contributed by atoms with Crippen LogP contribution in [0, 0.1) is 5.92 Å². The zero-order chi connectivity index (χ0) is 12.3. The fourth-order valence-electron chi connectivity index (χ4n) is 2.62. The van der Waals surface area contributed by atoms with Gasteiger partial charge in [0.25, 0.3) is 0 Å². The van der Waals surface area contributed by atoms with E-state index < -0.39 is 5.60 Å². The molecular formula is C14H22NOS+. The van der Waals surface area contributed by atoms with Gasteiger partial charge in [0.15, 0.2) is 0 Å². The average Bonchev–Trinajstić information content (AvgIpc) is 2.33. The minimum atomic E-state index is -0.621. The SMILES string of the molecule is C[NH+](C)C[C@@H]1CSCC[C@]1(O)c1ccccc1. The van der Waals surface area contributed by atoms with Gasteiger partial charge in [-0.25, -0.2) is 0 Å². The van der Waals surface area contributed by atoms with Gasteiger partial charge < -0.3 is 10.0 Å². The maximum Gasteiger partial charge on any atom is 0.0994 e. The Balaban J connectivity index is 2.25. The Morgan fingerprint density at radius 2 is 2.06 bits per heavy atom. The van der Waals surface area contributed by atoms with E-state index in [2.05, 4.69) is 26.2 Å². The van der Waals surface area contributed by atoms with Gasteiger partial charge in [0.05, 0.1) is 32.2 Å². The van der Waals surface area contributed by atoms with Crippen molar-refractivity contribution >= 4 is 11.8 Å². The molecule has 1 aromatic rings. The summed E-state index contributed by atoms with van der Waals surface area (Å²) >= 11 is 1.97. The molecule has 0 amide bonds. The molecule has 0 aromatic heterocycles. The topological polar surface area (TPSA) is 24.7 Å². The van der Waals surface area contributed by atoms with Crippen molar-refractivity contribution in [1.29, 1.82) is 0 Å². The van der Waals surface area contributed by atoms with E-state index >= 15 is 0 Å². The standard InChI is InChI=1S/C14H21NOS/c1-15(2)10-13-11-17-9-8-14(13,16)12-6-4-3-5-7-12/h3-7,13,16H,8-11H2,1-2H3/p+1/t13-,14+/m1/s1. The fraction of sp³-hybridized carbons (Fsp3) is 0.571. The van der Waals surface area contributed by atoms with E-state index in [-0.39, 0.29) is 0 Å². The van der Waals surface area contributed by atoms with Crippen molar-refractivity contribution in [2.45, 2.75) is 12.0 Å². The van der Waals surface area contributed by atoms with Crippen molar-refractivity contribution in [2.75, 3.05) is 32.1 Å². The van der Waals surface area contributed by atoms with E-state index in [0.717, 1.165) is 30.0 Å². The smallest absolute Gasteiger partial charge is 0.0994 e. The van der Waals surface area contributed by atoms with Crippen LogP contribution in [0.4, 0.5) is 0 Å². The summed E-state index contributed by atoms with van der Waals surface area (Å²) < 4.78 is 0. The zero-order valence-corrected chi connectivity index (χ0v) is 11.5. The van der Waals surface area contributed by atoms with Crippen molar-refractivity contribution in [3.05, 3.63) is 35.9 Å². The predicted molar refractivity (Wildman–Crippen MR) is 73.4 cm³/mol. The molecule has 1 aliphatic heterocycles. The highest BCUT2D eigenvalue weighted by Crippen LogP contribution is 2.39. The second-order valence-corrected chi connectivity index (χ2v) is 6.37. The zero-order valence-electron chi connectivity index (χ0n) is 10.6. The number of quaternary nitrogens is 1. The molecule has 0 unspecified atom stereocenters. The Hall–Kier alpha value is -0.510. The normalized spacial score (nSPS) is 29.5. The van der Waals surface area contributed by atoms with Gasteiger partial charge in [0.2, 0.25) is 0 Å². The molecule has 94 valence electrons. The largest absolute Gasteiger partial charge is 0.385 e. The minimum Gasteiger partial charge on any atom is -0.385 e. The first-order valence-electron chi connectivity index (χ1n) is 6.27. The molecule has 0 bridgehead atoms. The number of benzene rings is 1. The summed E-state index contributed by atoms with van der Waals surface area (Å²) in [5, 5.41) is 11.0. The third kappa shape index (κ3) is 2.84. The Bertz CT molecular complexity index is 354. The molecule has 1 saturated heterocycles. The highest BCUT2D eigenvalue weighted by molar-refractivity contribution is 7.99. The second kappa shape index (κ2) is 5.42. The first-order valence-corrected chi connectivity index (χ1v) is 7.43. The lowest BCUT2D eigenvalue weighted by Crippen LogP contribution is -3.07. The number of nitrogens with one attached hydrogen (secondary N) is 1. The van der Waals surface area contributed by atoms with E-state index in [4.69, 9.17) is 0 Å². The van der Waals surface area contributed by atoms with Crippen LogP contribution in [0.15, 0.2) is 30.3 Å². The fourth-order valence-corrected chi connectivity index (χ4v) is 3.92. The van der Waals surface area contributed by atoms with Crippen LogP contribution in [0.1, 0.15) is 12.0 Å². The highest BCUT2D eigenvalue weighted by Gasteiger charge is 2.41. The molecule has 2 rings (SSSR count). The molecule has 3 heteroatoms. The Kier molecular flexibility index (Phi) is 4.13. The quantitative estimate of drug-likeness (QED) is 0.831. The Morgan fingerprint density at radius 1 is 1.35 bits per heavy atom. The van der Waals surface area contributed by atoms with E-state index in [9.17, 15) is 5.11 Å². The van der Waals surface area contributed by atoms with Crippen LogP contribution in [0.2, 0.25) is 0 Å². The van der Waals surface area contributed by atoms with Gasteiger partial charge in [0.1, 0.15) is 0 Å². The summed E-state index contributed by atoms with van der Waals surface area (Å²) in [5.74, 6) is 2.48. The van der Waals surface area contributed by atoms with Gasteiger partial charge in [-0.2, -0.15) is 11.8 Å². The number of rotatable bonds is 3. The summed E-state index contributed by atoms with van der Waals surface area (Å²) in [6, 6.07) is 10.2. The van der Waals surface area contributed by atoms with Crippen molar-refractivity contribution in [3.8, 4) is 0 Å². The molecular weight excluding hydrogens is 230 g/mol. The van der Waals surface area contributed by atoms with Crippen molar-refractivity contribution < 1.29 is 10.0 Å². The van der Waals surface area contributed by atoms with Crippen LogP contribution in [-0.4, -0.2) is 37.3 Å². The van der Waals surface area contributed by atoms with E-state index in [1.165, 1.54) is 4.90 Å². The lowest BCUT2D eigenvalue weighted by atomic mass is 9.79. The van der Waals surface area contributed by atoms with Crippen molar-refractivity contribution in [1.82, 2.24) is 0 Å². The van der Waals surface area contributed by atoms with Gasteiger partial charge >= 0.3 is 0 Å². The van der Waals surface area contributed by atoms with Crippen molar-refractivity contribution in [2.24, 2.45) is 5.92 Å². The number of hydrogen-bond acceptors (Lipinski definition) is 2. The summed E-state index contributed by atoms with van der Waals surface area (Å²) in [5.41, 5.74) is 0.468. The third-order valence-corrected chi connectivity index (χ3v) is 4.68. The van der Waals surface area contributed by atoms with Crippen LogP contribution in [0.5, 0.6) is 0 Å². The minimum absolute atomic E-state index is 0.355. The summed E-state index contributed by atoms with van der Waals surface area (Å²) in [6.45, 7) is 1.03. The van der Waals surface area contributed by atoms with Crippen LogP contribution < -0.4 is 4.90 Å². The molecule has 0 saturated carbocycles. The molecule has 17 heavy (non-hydrogen) atoms. The first kappa shape index (κ1) is 12.9. The van der Waals surface area contributed by atoms with E-state index in [0.29, 0.717) is 5.92 Å². The second-order valence-electron chi connectivity index (χ2n) is 5.22. The third-order valence-electron chi connectivity index (χ3n) is 3.55. The average molecular weight is 252 g/mol. The summed E-state index contributed by atoms with van der Waals surface area (Å²) in [6.07, 6.45) is 0.875. The van der Waals surface area contributed by atoms with Gasteiger partial charge in [-0.3, -0.25) is 0 Å². The van der Waals surface area contributed by atoms with Gasteiger partial charge in [-0.1, -0.05) is 30.3 Å². The molecule has 1 aromatic carbocycles. The monoisotopic (exact) mass is 252 g/mol. The molecule has 2 atom stereocenters. The molecule has 0 spiro atoms. The van der Waals surface area contributed by atoms with Gasteiger partial charge in [-0.05, 0) is 17.7 Å². The maximum absolute atomic E-state index is 11.0. The molecule has 1 fully saturated rings. The number of hydrogen-bond donors (Lipinski definition) is 2. The van der Waals surface area contributed by atoms with E-state index in [1.807, 2.05) is 30.0 Å². The van der Waals surface area contributed by atoms with Crippen LogP contribution in [0.25, 0.3) is 0 Å². The van der Waals surface area contributed by atoms with Gasteiger partial charge in [0, 0.05) is 5.75 Å². The molecule has 0 aliphatic carbocycles. The molecule has 1 heterocycles. The maximum atomic E-state index is 11.0. The first-order chi connectivity index (χ1) is 8.13. The molecule has 0 radical (unpaired) electrons. The van der Waals surface area contributed by atoms with Crippen LogP contribution in [0.3, 0.4) is 0 Å².